The van der Waals surface area contributed by atoms with Gasteiger partial charge >= 0.3 is 0 Å². The Morgan fingerprint density at radius 1 is 1.22 bits per heavy atom. The number of allylic oxidation sites excluding steroid dienone is 1. The van der Waals surface area contributed by atoms with Crippen LogP contribution in [0.4, 0.5) is 0 Å². The van der Waals surface area contributed by atoms with Crippen molar-refractivity contribution in [3.05, 3.63) is 12.7 Å². The largest absolute Gasteiger partial charge is 0.103 e. The molecule has 9 heavy (non-hydrogen) atoms. The second kappa shape index (κ2) is 1.86. The standard InChI is InChI=1S/C9H14/c1-2-8-4-3-7-5-9(8)6-7/h2,7-9H,1,3-6H2. The second-order valence-electron chi connectivity index (χ2n) is 3.57. The van der Waals surface area contributed by atoms with E-state index in [0.717, 1.165) is 17.8 Å². The van der Waals surface area contributed by atoms with Crippen molar-refractivity contribution in [1.82, 2.24) is 0 Å². The Bertz CT molecular complexity index is 117. The predicted molar refractivity (Wildman–Crippen MR) is 39.1 cm³/mol. The van der Waals surface area contributed by atoms with Gasteiger partial charge in [-0.1, -0.05) is 6.08 Å². The molecule has 0 heteroatoms. The summed E-state index contributed by atoms with van der Waals surface area (Å²) in [5.74, 6) is 3.04. The molecule has 0 aromatic carbocycles. The molecule has 0 N–H and O–H groups in total. The minimum Gasteiger partial charge on any atom is -0.103 e. The van der Waals surface area contributed by atoms with Crippen LogP contribution in [0.5, 0.6) is 0 Å². The van der Waals surface area contributed by atoms with E-state index in [0.29, 0.717) is 0 Å². The van der Waals surface area contributed by atoms with Crippen LogP contribution in [0.15, 0.2) is 12.7 Å². The lowest BCUT2D eigenvalue weighted by Crippen LogP contribution is -2.34. The van der Waals surface area contributed by atoms with Crippen molar-refractivity contribution in [1.29, 1.82) is 0 Å². The second-order valence-corrected chi connectivity index (χ2v) is 3.57. The van der Waals surface area contributed by atoms with Gasteiger partial charge in [-0.3, -0.25) is 0 Å². The summed E-state index contributed by atoms with van der Waals surface area (Å²) in [5, 5.41) is 0. The number of hydrogen-bond acceptors (Lipinski definition) is 0. The Hall–Kier alpha value is -0.260. The van der Waals surface area contributed by atoms with Gasteiger partial charge in [0.05, 0.1) is 0 Å². The number of rotatable bonds is 1. The summed E-state index contributed by atoms with van der Waals surface area (Å²) in [6, 6.07) is 0. The molecule has 50 valence electrons. The molecule has 0 aromatic rings. The molecular formula is C9H14. The van der Waals surface area contributed by atoms with E-state index in [4.69, 9.17) is 0 Å². The van der Waals surface area contributed by atoms with Crippen molar-refractivity contribution >= 4 is 0 Å². The molecule has 1 unspecified atom stereocenters. The summed E-state index contributed by atoms with van der Waals surface area (Å²) in [4.78, 5) is 0. The lowest BCUT2D eigenvalue weighted by atomic mass is 9.60. The summed E-state index contributed by atoms with van der Waals surface area (Å²) in [6.45, 7) is 3.86. The van der Waals surface area contributed by atoms with Gasteiger partial charge in [0.1, 0.15) is 0 Å². The van der Waals surface area contributed by atoms with E-state index in [2.05, 4.69) is 12.7 Å². The van der Waals surface area contributed by atoms with Crippen LogP contribution in [0.2, 0.25) is 0 Å². The fourth-order valence-electron chi connectivity index (χ4n) is 2.35. The van der Waals surface area contributed by atoms with Gasteiger partial charge in [0, 0.05) is 0 Å². The molecule has 3 aliphatic carbocycles. The molecule has 0 radical (unpaired) electrons. The van der Waals surface area contributed by atoms with E-state index in [1.165, 1.54) is 25.7 Å². The summed E-state index contributed by atoms with van der Waals surface area (Å²) in [6.07, 6.45) is 8.10. The molecule has 1 atom stereocenters. The van der Waals surface area contributed by atoms with Crippen LogP contribution in [0.25, 0.3) is 0 Å². The molecule has 0 spiro atoms. The number of hydrogen-bond donors (Lipinski definition) is 0. The highest BCUT2D eigenvalue weighted by atomic mass is 14.4. The van der Waals surface area contributed by atoms with Crippen LogP contribution >= 0.6 is 0 Å². The quantitative estimate of drug-likeness (QED) is 0.469. The maximum atomic E-state index is 3.86. The predicted octanol–water partition coefficient (Wildman–Crippen LogP) is 2.61. The van der Waals surface area contributed by atoms with Crippen LogP contribution < -0.4 is 0 Å². The minimum absolute atomic E-state index is 0.884. The Morgan fingerprint density at radius 3 is 2.33 bits per heavy atom. The van der Waals surface area contributed by atoms with Crippen LogP contribution in [0.1, 0.15) is 25.7 Å². The Morgan fingerprint density at radius 2 is 2.00 bits per heavy atom. The summed E-state index contributed by atoms with van der Waals surface area (Å²) < 4.78 is 0. The lowest BCUT2D eigenvalue weighted by molar-refractivity contribution is 0.0745. The molecular weight excluding hydrogens is 108 g/mol. The van der Waals surface area contributed by atoms with E-state index in [-0.39, 0.29) is 0 Å². The van der Waals surface area contributed by atoms with Crippen LogP contribution in [-0.4, -0.2) is 0 Å². The van der Waals surface area contributed by atoms with Gasteiger partial charge in [-0.15, -0.1) is 6.58 Å². The van der Waals surface area contributed by atoms with E-state index < -0.39 is 0 Å². The topological polar surface area (TPSA) is 0 Å². The highest BCUT2D eigenvalue weighted by Crippen LogP contribution is 2.49. The van der Waals surface area contributed by atoms with E-state index in [1.807, 2.05) is 0 Å². The molecule has 2 bridgehead atoms. The van der Waals surface area contributed by atoms with Crippen LogP contribution in [0.3, 0.4) is 0 Å². The number of fused-ring (bicyclic) bond motifs is 2. The normalized spacial score (nSPS) is 47.8. The Balaban J connectivity index is 2.01. The molecule has 0 aromatic heterocycles. The first-order valence-electron chi connectivity index (χ1n) is 4.02. The zero-order valence-electron chi connectivity index (χ0n) is 5.84. The average molecular weight is 122 g/mol. The molecule has 0 amide bonds. The third-order valence-corrected chi connectivity index (χ3v) is 3.09. The fraction of sp³-hybridized carbons (Fsp3) is 0.778. The van der Waals surface area contributed by atoms with Gasteiger partial charge in [-0.2, -0.15) is 0 Å². The zero-order valence-corrected chi connectivity index (χ0v) is 5.84. The molecule has 0 heterocycles. The SMILES string of the molecule is C=CC1CCC2CC1C2. The van der Waals surface area contributed by atoms with Crippen LogP contribution in [-0.2, 0) is 0 Å². The molecule has 3 saturated carbocycles. The highest BCUT2D eigenvalue weighted by molar-refractivity contribution is 4.96. The summed E-state index contributed by atoms with van der Waals surface area (Å²) in [7, 11) is 0. The highest BCUT2D eigenvalue weighted by Gasteiger charge is 2.38. The third-order valence-electron chi connectivity index (χ3n) is 3.09. The Kier molecular flexibility index (Phi) is 1.14. The maximum Gasteiger partial charge on any atom is -0.0208 e. The molecule has 3 aliphatic rings. The summed E-state index contributed by atoms with van der Waals surface area (Å²) in [5.41, 5.74) is 0. The zero-order chi connectivity index (χ0) is 6.27. The van der Waals surface area contributed by atoms with E-state index in [1.54, 1.807) is 0 Å². The van der Waals surface area contributed by atoms with Crippen molar-refractivity contribution in [2.45, 2.75) is 25.7 Å². The molecule has 0 saturated heterocycles. The van der Waals surface area contributed by atoms with Gasteiger partial charge in [-0.25, -0.2) is 0 Å². The van der Waals surface area contributed by atoms with Crippen LogP contribution in [0, 0.1) is 17.8 Å². The van der Waals surface area contributed by atoms with E-state index >= 15 is 0 Å². The minimum atomic E-state index is 0.884. The third kappa shape index (κ3) is 0.726. The summed E-state index contributed by atoms with van der Waals surface area (Å²) >= 11 is 0. The molecule has 3 fully saturated rings. The van der Waals surface area contributed by atoms with Crippen molar-refractivity contribution in [3.63, 3.8) is 0 Å². The van der Waals surface area contributed by atoms with Gasteiger partial charge in [0.25, 0.3) is 0 Å². The first-order valence-corrected chi connectivity index (χ1v) is 4.02. The smallest absolute Gasteiger partial charge is 0.0208 e. The van der Waals surface area contributed by atoms with Gasteiger partial charge < -0.3 is 0 Å². The fourth-order valence-corrected chi connectivity index (χ4v) is 2.35. The van der Waals surface area contributed by atoms with Crippen molar-refractivity contribution in [2.75, 3.05) is 0 Å². The lowest BCUT2D eigenvalue weighted by Gasteiger charge is -2.45. The first kappa shape index (κ1) is 5.52. The Labute approximate surface area is 57.0 Å². The monoisotopic (exact) mass is 122 g/mol. The van der Waals surface area contributed by atoms with Gasteiger partial charge in [0.15, 0.2) is 0 Å². The average Bonchev–Trinajstić information content (AvgIpc) is 1.86. The van der Waals surface area contributed by atoms with Crippen molar-refractivity contribution in [2.24, 2.45) is 17.8 Å². The first-order chi connectivity index (χ1) is 4.40. The molecule has 0 nitrogen and oxygen atoms in total. The maximum absolute atomic E-state index is 3.86. The van der Waals surface area contributed by atoms with Gasteiger partial charge in [-0.05, 0) is 43.4 Å². The van der Waals surface area contributed by atoms with Gasteiger partial charge in [0.2, 0.25) is 0 Å². The molecule has 0 aliphatic heterocycles. The van der Waals surface area contributed by atoms with Crippen molar-refractivity contribution < 1.29 is 0 Å². The molecule has 3 rings (SSSR count). The van der Waals surface area contributed by atoms with E-state index in [9.17, 15) is 0 Å². The van der Waals surface area contributed by atoms with Crippen molar-refractivity contribution in [3.8, 4) is 0 Å².